The summed E-state index contributed by atoms with van der Waals surface area (Å²) >= 11 is 6.01. The molecule has 1 N–H and O–H groups in total. The lowest BCUT2D eigenvalue weighted by Crippen LogP contribution is -2.43. The van der Waals surface area contributed by atoms with E-state index in [0.717, 1.165) is 19.3 Å². The number of rotatable bonds is 6. The van der Waals surface area contributed by atoms with Gasteiger partial charge in [0.1, 0.15) is 5.82 Å². The SMILES string of the molecule is CCC(CC)(CC)NCc1c(F)cccc1Cl. The van der Waals surface area contributed by atoms with Crippen LogP contribution in [0.25, 0.3) is 0 Å². The van der Waals surface area contributed by atoms with E-state index in [1.54, 1.807) is 12.1 Å². The van der Waals surface area contributed by atoms with E-state index in [0.29, 0.717) is 17.1 Å². The molecule has 0 radical (unpaired) electrons. The van der Waals surface area contributed by atoms with Gasteiger partial charge >= 0.3 is 0 Å². The van der Waals surface area contributed by atoms with Crippen molar-refractivity contribution in [2.24, 2.45) is 0 Å². The minimum atomic E-state index is -0.234. The lowest BCUT2D eigenvalue weighted by Gasteiger charge is -2.32. The third-order valence-corrected chi connectivity index (χ3v) is 4.09. The summed E-state index contributed by atoms with van der Waals surface area (Å²) in [4.78, 5) is 0. The van der Waals surface area contributed by atoms with Gasteiger partial charge in [-0.1, -0.05) is 38.4 Å². The third kappa shape index (κ3) is 3.43. The van der Waals surface area contributed by atoms with Crippen LogP contribution in [0.1, 0.15) is 45.6 Å². The van der Waals surface area contributed by atoms with Crippen LogP contribution in [-0.2, 0) is 6.54 Å². The Bertz CT molecular complexity index is 333. The quantitative estimate of drug-likeness (QED) is 0.789. The summed E-state index contributed by atoms with van der Waals surface area (Å²) in [6.07, 6.45) is 3.10. The number of halogens is 2. The third-order valence-electron chi connectivity index (χ3n) is 3.73. The number of benzene rings is 1. The molecule has 1 aromatic rings. The highest BCUT2D eigenvalue weighted by molar-refractivity contribution is 6.31. The monoisotopic (exact) mass is 257 g/mol. The predicted molar refractivity (Wildman–Crippen MR) is 71.9 cm³/mol. The maximum Gasteiger partial charge on any atom is 0.129 e. The molecule has 0 saturated carbocycles. The summed E-state index contributed by atoms with van der Waals surface area (Å²) in [6.45, 7) is 6.95. The van der Waals surface area contributed by atoms with E-state index in [1.807, 2.05) is 0 Å². The molecule has 0 saturated heterocycles. The van der Waals surface area contributed by atoms with Crippen LogP contribution < -0.4 is 5.32 Å². The van der Waals surface area contributed by atoms with Crippen molar-refractivity contribution < 1.29 is 4.39 Å². The molecule has 0 bridgehead atoms. The van der Waals surface area contributed by atoms with Gasteiger partial charge in [0.2, 0.25) is 0 Å². The van der Waals surface area contributed by atoms with Crippen molar-refractivity contribution in [2.45, 2.75) is 52.1 Å². The average molecular weight is 258 g/mol. The van der Waals surface area contributed by atoms with Gasteiger partial charge in [-0.15, -0.1) is 0 Å². The standard InChI is InChI=1S/C14H21ClFN/c1-4-14(5-2,6-3)17-10-11-12(15)8-7-9-13(11)16/h7-9,17H,4-6,10H2,1-3H3. The number of hydrogen-bond donors (Lipinski definition) is 1. The van der Waals surface area contributed by atoms with Crippen LogP contribution in [0.4, 0.5) is 4.39 Å². The molecular weight excluding hydrogens is 237 g/mol. The Balaban J connectivity index is 2.79. The number of hydrogen-bond acceptors (Lipinski definition) is 1. The molecule has 3 heteroatoms. The van der Waals surface area contributed by atoms with Crippen molar-refractivity contribution in [3.8, 4) is 0 Å². The summed E-state index contributed by atoms with van der Waals surface area (Å²) in [5.74, 6) is -0.234. The molecule has 1 rings (SSSR count). The fourth-order valence-electron chi connectivity index (χ4n) is 2.10. The van der Waals surface area contributed by atoms with Crippen molar-refractivity contribution in [2.75, 3.05) is 0 Å². The Morgan fingerprint density at radius 1 is 1.18 bits per heavy atom. The van der Waals surface area contributed by atoms with Crippen LogP contribution in [-0.4, -0.2) is 5.54 Å². The summed E-state index contributed by atoms with van der Waals surface area (Å²) in [7, 11) is 0. The van der Waals surface area contributed by atoms with Gasteiger partial charge in [-0.2, -0.15) is 0 Å². The maximum atomic E-state index is 13.6. The van der Waals surface area contributed by atoms with E-state index in [2.05, 4.69) is 26.1 Å². The van der Waals surface area contributed by atoms with Crippen LogP contribution in [0.2, 0.25) is 5.02 Å². The van der Waals surface area contributed by atoms with Crippen molar-refractivity contribution in [1.29, 1.82) is 0 Å². The molecule has 0 spiro atoms. The smallest absolute Gasteiger partial charge is 0.129 e. The summed E-state index contributed by atoms with van der Waals surface area (Å²) in [5.41, 5.74) is 0.653. The zero-order valence-corrected chi connectivity index (χ0v) is 11.6. The minimum Gasteiger partial charge on any atom is -0.307 e. The van der Waals surface area contributed by atoms with Crippen LogP contribution in [0.5, 0.6) is 0 Å². The molecular formula is C14H21ClFN. The maximum absolute atomic E-state index is 13.6. The van der Waals surface area contributed by atoms with Crippen LogP contribution >= 0.6 is 11.6 Å². The summed E-state index contributed by atoms with van der Waals surface area (Å²) in [5, 5.41) is 3.95. The van der Waals surface area contributed by atoms with Crippen LogP contribution in [0, 0.1) is 5.82 Å². The van der Waals surface area contributed by atoms with Crippen molar-refractivity contribution in [3.05, 3.63) is 34.6 Å². The van der Waals surface area contributed by atoms with E-state index in [9.17, 15) is 4.39 Å². The highest BCUT2D eigenvalue weighted by Gasteiger charge is 2.23. The van der Waals surface area contributed by atoms with Gasteiger partial charge in [0.25, 0.3) is 0 Å². The van der Waals surface area contributed by atoms with E-state index >= 15 is 0 Å². The lowest BCUT2D eigenvalue weighted by molar-refractivity contribution is 0.286. The Hall–Kier alpha value is -0.600. The van der Waals surface area contributed by atoms with Crippen molar-refractivity contribution in [3.63, 3.8) is 0 Å². The first-order valence-corrected chi connectivity index (χ1v) is 6.64. The average Bonchev–Trinajstić information content (AvgIpc) is 2.34. The highest BCUT2D eigenvalue weighted by atomic mass is 35.5. The second-order valence-electron chi connectivity index (χ2n) is 4.39. The fraction of sp³-hybridized carbons (Fsp3) is 0.571. The van der Waals surface area contributed by atoms with Gasteiger partial charge in [0, 0.05) is 22.7 Å². The fourth-order valence-corrected chi connectivity index (χ4v) is 2.33. The molecule has 0 atom stereocenters. The molecule has 0 aliphatic carbocycles. The normalized spacial score (nSPS) is 11.8. The Morgan fingerprint density at radius 2 is 1.76 bits per heavy atom. The van der Waals surface area contributed by atoms with E-state index in [4.69, 9.17) is 11.6 Å². The first-order valence-electron chi connectivity index (χ1n) is 6.26. The molecule has 0 heterocycles. The minimum absolute atomic E-state index is 0.0889. The zero-order valence-electron chi connectivity index (χ0n) is 10.8. The van der Waals surface area contributed by atoms with Crippen molar-refractivity contribution >= 4 is 11.6 Å². The number of nitrogens with one attached hydrogen (secondary N) is 1. The van der Waals surface area contributed by atoms with Gasteiger partial charge < -0.3 is 5.32 Å². The van der Waals surface area contributed by atoms with Gasteiger partial charge in [-0.05, 0) is 31.4 Å². The van der Waals surface area contributed by atoms with Gasteiger partial charge in [0.05, 0.1) is 0 Å². The molecule has 0 unspecified atom stereocenters. The second-order valence-corrected chi connectivity index (χ2v) is 4.80. The first-order chi connectivity index (χ1) is 8.08. The molecule has 0 aliphatic heterocycles. The van der Waals surface area contributed by atoms with Crippen LogP contribution in [0.3, 0.4) is 0 Å². The molecule has 96 valence electrons. The van der Waals surface area contributed by atoms with Crippen LogP contribution in [0.15, 0.2) is 18.2 Å². The Kier molecular flexibility index (Phi) is 5.41. The molecule has 0 amide bonds. The zero-order chi connectivity index (χ0) is 12.9. The van der Waals surface area contributed by atoms with Gasteiger partial charge in [-0.3, -0.25) is 0 Å². The van der Waals surface area contributed by atoms with E-state index < -0.39 is 0 Å². The van der Waals surface area contributed by atoms with E-state index in [1.165, 1.54) is 6.07 Å². The van der Waals surface area contributed by atoms with Crippen molar-refractivity contribution in [1.82, 2.24) is 5.32 Å². The van der Waals surface area contributed by atoms with Gasteiger partial charge in [0.15, 0.2) is 0 Å². The molecule has 1 nitrogen and oxygen atoms in total. The lowest BCUT2D eigenvalue weighted by atomic mass is 9.89. The Labute approximate surface area is 108 Å². The molecule has 17 heavy (non-hydrogen) atoms. The topological polar surface area (TPSA) is 12.0 Å². The molecule has 0 aliphatic rings. The van der Waals surface area contributed by atoms with Gasteiger partial charge in [-0.25, -0.2) is 4.39 Å². The Morgan fingerprint density at radius 3 is 2.24 bits per heavy atom. The molecule has 0 aromatic heterocycles. The summed E-state index contributed by atoms with van der Waals surface area (Å²) < 4.78 is 13.6. The first kappa shape index (κ1) is 14.5. The highest BCUT2D eigenvalue weighted by Crippen LogP contribution is 2.23. The largest absolute Gasteiger partial charge is 0.307 e. The molecule has 0 fully saturated rings. The summed E-state index contributed by atoms with van der Waals surface area (Å²) in [6, 6.07) is 4.81. The predicted octanol–water partition coefficient (Wildman–Crippen LogP) is 4.54. The van der Waals surface area contributed by atoms with E-state index in [-0.39, 0.29) is 11.4 Å². The second kappa shape index (κ2) is 6.36. The molecule has 1 aromatic carbocycles.